The van der Waals surface area contributed by atoms with E-state index in [2.05, 4.69) is 0 Å². The number of aromatic hydroxyl groups is 2. The van der Waals surface area contributed by atoms with E-state index < -0.39 is 12.2 Å². The van der Waals surface area contributed by atoms with Crippen LogP contribution in [0.1, 0.15) is 12.0 Å². The Morgan fingerprint density at radius 2 is 1.71 bits per heavy atom. The topological polar surface area (TPSA) is 110 Å². The summed E-state index contributed by atoms with van der Waals surface area (Å²) in [5.41, 5.74) is 0.677. The fourth-order valence-corrected chi connectivity index (χ4v) is 2.39. The summed E-state index contributed by atoms with van der Waals surface area (Å²) in [4.78, 5) is 0. The van der Waals surface area contributed by atoms with E-state index in [1.807, 2.05) is 0 Å². The number of hydrogen-bond donors (Lipinski definition) is 5. The quantitative estimate of drug-likeness (QED) is 0.498. The van der Waals surface area contributed by atoms with Gasteiger partial charge in [0.15, 0.2) is 11.5 Å². The third-order valence-corrected chi connectivity index (χ3v) is 3.41. The van der Waals surface area contributed by atoms with Gasteiger partial charge in [0, 0.05) is 12.0 Å². The highest BCUT2D eigenvalue weighted by atomic mass is 16.5. The smallest absolute Gasteiger partial charge is 0.158 e. The van der Waals surface area contributed by atoms with Crippen molar-refractivity contribution in [3.8, 4) is 11.5 Å². The van der Waals surface area contributed by atoms with Gasteiger partial charge in [0.05, 0.1) is 11.7 Å². The third kappa shape index (κ3) is 2.35. The molecule has 0 saturated heterocycles. The molecule has 0 saturated carbocycles. The van der Waals surface area contributed by atoms with Crippen molar-refractivity contribution in [2.75, 3.05) is 0 Å². The van der Waals surface area contributed by atoms with Gasteiger partial charge in [0.25, 0.3) is 0 Å². The summed E-state index contributed by atoms with van der Waals surface area (Å²) in [7, 11) is 0. The van der Waals surface area contributed by atoms with Crippen LogP contribution in [0.3, 0.4) is 0 Å². The van der Waals surface area contributed by atoms with Gasteiger partial charge in [0.2, 0.25) is 0 Å². The summed E-state index contributed by atoms with van der Waals surface area (Å²) < 4.78 is 5.57. The van der Waals surface area contributed by atoms with Gasteiger partial charge in [-0.25, -0.2) is 0 Å². The van der Waals surface area contributed by atoms with Crippen molar-refractivity contribution in [3.05, 3.63) is 53.0 Å². The van der Waals surface area contributed by atoms with Crippen LogP contribution >= 0.6 is 0 Å². The van der Waals surface area contributed by atoms with E-state index in [0.29, 0.717) is 5.56 Å². The molecule has 0 aromatic heterocycles. The van der Waals surface area contributed by atoms with Crippen molar-refractivity contribution in [2.24, 2.45) is 0 Å². The molecule has 2 aliphatic rings. The van der Waals surface area contributed by atoms with Crippen LogP contribution in [0, 0.1) is 0 Å². The summed E-state index contributed by atoms with van der Waals surface area (Å²) in [6.45, 7) is 0. The number of aliphatic hydroxyl groups excluding tert-OH is 3. The fraction of sp³-hybridized carbons (Fsp3) is 0.200. The molecule has 5 N–H and O–H groups in total. The Balaban J connectivity index is 2.03. The molecular formula is C15H14O6. The van der Waals surface area contributed by atoms with Gasteiger partial charge >= 0.3 is 0 Å². The zero-order valence-electron chi connectivity index (χ0n) is 10.9. The number of phenols is 2. The Hall–Kier alpha value is -2.44. The minimum atomic E-state index is -1.08. The molecule has 1 aromatic carbocycles. The van der Waals surface area contributed by atoms with Crippen molar-refractivity contribution in [1.29, 1.82) is 0 Å². The number of hydrogen-bond acceptors (Lipinski definition) is 6. The maximum absolute atomic E-state index is 10.1. The summed E-state index contributed by atoms with van der Waals surface area (Å²) in [6, 6.07) is 4.11. The van der Waals surface area contributed by atoms with Crippen LogP contribution in [0.15, 0.2) is 47.4 Å². The van der Waals surface area contributed by atoms with Crippen LogP contribution in [-0.2, 0) is 4.74 Å². The van der Waals surface area contributed by atoms with Crippen molar-refractivity contribution in [3.63, 3.8) is 0 Å². The van der Waals surface area contributed by atoms with Crippen molar-refractivity contribution >= 4 is 5.76 Å². The van der Waals surface area contributed by atoms with Gasteiger partial charge in [-0.2, -0.15) is 0 Å². The Morgan fingerprint density at radius 3 is 2.43 bits per heavy atom. The van der Waals surface area contributed by atoms with E-state index in [-0.39, 0.29) is 40.8 Å². The maximum Gasteiger partial charge on any atom is 0.158 e. The molecule has 21 heavy (non-hydrogen) atoms. The van der Waals surface area contributed by atoms with Crippen LogP contribution in [0.2, 0.25) is 0 Å². The molecule has 6 nitrogen and oxygen atoms in total. The van der Waals surface area contributed by atoms with E-state index in [4.69, 9.17) is 4.74 Å². The van der Waals surface area contributed by atoms with E-state index >= 15 is 0 Å². The highest BCUT2D eigenvalue weighted by molar-refractivity contribution is 5.68. The van der Waals surface area contributed by atoms with Crippen molar-refractivity contribution in [2.45, 2.75) is 18.6 Å². The van der Waals surface area contributed by atoms with Crippen molar-refractivity contribution < 1.29 is 30.3 Å². The summed E-state index contributed by atoms with van der Waals surface area (Å²) in [6.07, 6.45) is 0.854. The van der Waals surface area contributed by atoms with Crippen LogP contribution in [-0.4, -0.2) is 37.7 Å². The van der Waals surface area contributed by atoms with Crippen molar-refractivity contribution in [1.82, 2.24) is 0 Å². The molecular weight excluding hydrogens is 276 g/mol. The molecule has 0 fully saturated rings. The number of benzene rings is 1. The first-order chi connectivity index (χ1) is 9.95. The Morgan fingerprint density at radius 1 is 0.952 bits per heavy atom. The van der Waals surface area contributed by atoms with Crippen LogP contribution in [0.25, 0.3) is 5.76 Å². The first-order valence-corrected chi connectivity index (χ1v) is 6.38. The normalized spacial score (nSPS) is 24.9. The van der Waals surface area contributed by atoms with Gasteiger partial charge in [-0.05, 0) is 30.4 Å². The maximum atomic E-state index is 10.1. The Kier molecular flexibility index (Phi) is 3.12. The molecule has 0 radical (unpaired) electrons. The lowest BCUT2D eigenvalue weighted by Gasteiger charge is -2.29. The van der Waals surface area contributed by atoms with Gasteiger partial charge < -0.3 is 30.3 Å². The number of ether oxygens (including phenoxy) is 1. The van der Waals surface area contributed by atoms with Crippen LogP contribution < -0.4 is 0 Å². The zero-order valence-corrected chi connectivity index (χ0v) is 10.9. The summed E-state index contributed by atoms with van der Waals surface area (Å²) in [5, 5.41) is 48.4. The molecule has 6 heteroatoms. The van der Waals surface area contributed by atoms with Gasteiger partial charge in [-0.3, -0.25) is 0 Å². The number of aliphatic hydroxyl groups is 3. The minimum Gasteiger partial charge on any atom is -0.512 e. The monoisotopic (exact) mass is 290 g/mol. The second-order valence-electron chi connectivity index (χ2n) is 4.94. The molecule has 0 amide bonds. The standard InChI is InChI=1S/C15H14O6/c16-8-4-11(19)15-12(20)6-13(21-14(15)5-8)7-1-2-9(17)10(18)3-7/h1-3,5-6,8,12,16-20H,4H2. The first kappa shape index (κ1) is 13.5. The van der Waals surface area contributed by atoms with E-state index in [1.165, 1.54) is 30.4 Å². The Bertz CT molecular complexity index is 685. The molecule has 1 aliphatic carbocycles. The molecule has 0 bridgehead atoms. The predicted octanol–water partition coefficient (Wildman–Crippen LogP) is 1.29. The highest BCUT2D eigenvalue weighted by Gasteiger charge is 2.31. The molecule has 2 atom stereocenters. The molecule has 2 unspecified atom stereocenters. The lowest BCUT2D eigenvalue weighted by molar-refractivity contribution is 0.168. The largest absolute Gasteiger partial charge is 0.512 e. The summed E-state index contributed by atoms with van der Waals surface area (Å²) >= 11 is 0. The second-order valence-corrected chi connectivity index (χ2v) is 4.94. The average molecular weight is 290 g/mol. The Labute approximate surface area is 120 Å². The average Bonchev–Trinajstić information content (AvgIpc) is 2.40. The fourth-order valence-electron chi connectivity index (χ4n) is 2.39. The molecule has 3 rings (SSSR count). The number of fused-ring (bicyclic) bond motifs is 1. The van der Waals surface area contributed by atoms with E-state index in [0.717, 1.165) is 0 Å². The van der Waals surface area contributed by atoms with Gasteiger partial charge in [-0.15, -0.1) is 0 Å². The SMILES string of the molecule is OC1=C2C(=CC(O)C1)OC(c1ccc(O)c(O)c1)=CC2O. The van der Waals surface area contributed by atoms with Crippen LogP contribution in [0.5, 0.6) is 11.5 Å². The number of rotatable bonds is 1. The summed E-state index contributed by atoms with van der Waals surface area (Å²) in [5.74, 6) is -0.246. The molecule has 1 aliphatic heterocycles. The second kappa shape index (κ2) is 4.83. The van der Waals surface area contributed by atoms with E-state index in [9.17, 15) is 25.5 Å². The van der Waals surface area contributed by atoms with Gasteiger partial charge in [0.1, 0.15) is 23.4 Å². The molecule has 110 valence electrons. The minimum absolute atomic E-state index is 0.0302. The van der Waals surface area contributed by atoms with Gasteiger partial charge in [-0.1, -0.05) is 0 Å². The molecule has 1 aromatic rings. The number of phenolic OH excluding ortho intramolecular Hbond substituents is 2. The molecule has 0 spiro atoms. The van der Waals surface area contributed by atoms with Crippen LogP contribution in [0.4, 0.5) is 0 Å². The third-order valence-electron chi connectivity index (χ3n) is 3.41. The molecule has 1 heterocycles. The highest BCUT2D eigenvalue weighted by Crippen LogP contribution is 2.38. The predicted molar refractivity (Wildman–Crippen MR) is 73.2 cm³/mol. The first-order valence-electron chi connectivity index (χ1n) is 6.38. The lowest BCUT2D eigenvalue weighted by atomic mass is 9.93. The zero-order chi connectivity index (χ0) is 15.1. The van der Waals surface area contributed by atoms with E-state index in [1.54, 1.807) is 0 Å². The lowest BCUT2D eigenvalue weighted by Crippen LogP contribution is -2.24.